The Balaban J connectivity index is 1.31. The van der Waals surface area contributed by atoms with Gasteiger partial charge in [-0.25, -0.2) is 9.59 Å². The molecule has 0 radical (unpaired) electrons. The number of fused-ring (bicyclic) bond motifs is 2. The fraction of sp³-hybridized carbons (Fsp3) is 0.537. The molecule has 2 heterocycles. The van der Waals surface area contributed by atoms with Crippen LogP contribution in [0.15, 0.2) is 48.5 Å². The second kappa shape index (κ2) is 31.7. The summed E-state index contributed by atoms with van der Waals surface area (Å²) < 4.78 is 108. The molecule has 4 N–H and O–H groups in total. The molecule has 1 aromatic heterocycles. The number of rotatable bonds is 36. The van der Waals surface area contributed by atoms with Gasteiger partial charge in [-0.05, 0) is 107 Å². The van der Waals surface area contributed by atoms with Gasteiger partial charge in [0.05, 0.1) is 54.3 Å². The molecule has 0 aliphatic carbocycles. The minimum Gasteiger partial charge on any atom is -0.486 e. The van der Waals surface area contributed by atoms with Gasteiger partial charge in [-0.2, -0.15) is 21.4 Å². The van der Waals surface area contributed by atoms with Crippen LogP contribution < -0.4 is 29.4 Å². The number of benzene rings is 3. The van der Waals surface area contributed by atoms with E-state index in [-0.39, 0.29) is 114 Å². The highest BCUT2D eigenvalue weighted by atomic mass is 32.2. The normalized spacial score (nSPS) is 13.0. The number of aromatic nitrogens is 1. The van der Waals surface area contributed by atoms with Gasteiger partial charge in [-0.15, -0.1) is 5.06 Å². The molecule has 27 heteroatoms. The zero-order valence-electron chi connectivity index (χ0n) is 46.5. The minimum atomic E-state index is -4.32. The monoisotopic (exact) mass is 1180 g/mol. The molecular formula is C54H74N5O20S2+. The molecule has 4 aromatic rings. The lowest BCUT2D eigenvalue weighted by molar-refractivity contribution is -0.645. The van der Waals surface area contributed by atoms with Crippen LogP contribution >= 0.6 is 0 Å². The Bertz CT molecular complexity index is 2960. The largest absolute Gasteiger partial charge is 0.486 e. The Labute approximate surface area is 471 Å². The Morgan fingerprint density at radius 3 is 1.63 bits per heavy atom. The highest BCUT2D eigenvalue weighted by Crippen LogP contribution is 2.34. The zero-order valence-corrected chi connectivity index (χ0v) is 48.2. The number of esters is 1. The van der Waals surface area contributed by atoms with Crippen LogP contribution in [-0.4, -0.2) is 183 Å². The van der Waals surface area contributed by atoms with Crippen LogP contribution in [0.4, 0.5) is 0 Å². The number of nitrogens with zero attached hydrogens (tertiary/aromatic N) is 3. The van der Waals surface area contributed by atoms with Crippen molar-refractivity contribution in [3.8, 4) is 17.2 Å². The second-order valence-corrected chi connectivity index (χ2v) is 22.5. The van der Waals surface area contributed by atoms with Crippen molar-refractivity contribution in [1.29, 1.82) is 0 Å². The molecular weight excluding hydrogens is 1100 g/mol. The first-order chi connectivity index (χ1) is 38.5. The Kier molecular flexibility index (Phi) is 25.6. The summed E-state index contributed by atoms with van der Waals surface area (Å²) in [7, 11) is -2.43. The number of pyridine rings is 1. The predicted molar refractivity (Wildman–Crippen MR) is 293 cm³/mol. The van der Waals surface area contributed by atoms with E-state index in [1.807, 2.05) is 9.47 Å². The third kappa shape index (κ3) is 20.8. The van der Waals surface area contributed by atoms with Gasteiger partial charge in [0.1, 0.15) is 29.5 Å². The smallest absolute Gasteiger partial charge is 0.345 e. The highest BCUT2D eigenvalue weighted by Gasteiger charge is 2.33. The minimum absolute atomic E-state index is 0.00861. The Hall–Kier alpha value is -6.43. The summed E-state index contributed by atoms with van der Waals surface area (Å²) in [5.74, 6) is -3.60. The maximum absolute atomic E-state index is 15.0. The lowest BCUT2D eigenvalue weighted by Gasteiger charge is -2.22. The molecule has 25 nitrogen and oxygen atoms in total. The van der Waals surface area contributed by atoms with Crippen molar-refractivity contribution in [3.63, 3.8) is 0 Å². The lowest BCUT2D eigenvalue weighted by atomic mass is 10.0. The number of nitrogens with one attached hydrogen (secondary N) is 2. The molecule has 0 unspecified atom stereocenters. The van der Waals surface area contributed by atoms with E-state index in [1.165, 1.54) is 28.4 Å². The highest BCUT2D eigenvalue weighted by molar-refractivity contribution is 7.86. The van der Waals surface area contributed by atoms with E-state index in [2.05, 4.69) is 10.6 Å². The van der Waals surface area contributed by atoms with Gasteiger partial charge < -0.3 is 53.5 Å². The van der Waals surface area contributed by atoms with Gasteiger partial charge in [0.15, 0.2) is 6.54 Å². The zero-order chi connectivity index (χ0) is 59.3. The standard InChI is InChI=1S/C54H73N5O20S2/c1-36-28-38(53(64)56-21-9-23-57(24-10-26-80(66,67)68)22-8-20-55-47(60)12-7-13-50(63)79-59-48(61)18-19-49(59)62)29-37(2)52(36)78-54(65)51-43-30-39(76-41(32-72-3)33-73-4)14-16-45(43)58(25-11-27-81(69,70)71)46-17-15-40(31-44(46)51)77-42(34-74-5)35-75-6/h14-17,28-31,41-42H,7-13,18-27,32-35H2,1-6H3,(H3-,55,56,60,64,66,67,68,69,70,71)/p+1. The van der Waals surface area contributed by atoms with E-state index in [4.69, 9.17) is 38.0 Å². The van der Waals surface area contributed by atoms with Crippen molar-refractivity contribution in [2.45, 2.75) is 90.4 Å². The van der Waals surface area contributed by atoms with Crippen molar-refractivity contribution in [1.82, 2.24) is 20.6 Å². The molecule has 3 aromatic carbocycles. The molecule has 0 bridgehead atoms. The van der Waals surface area contributed by atoms with Crippen LogP contribution in [0.25, 0.3) is 21.8 Å². The molecule has 81 heavy (non-hydrogen) atoms. The van der Waals surface area contributed by atoms with Crippen molar-refractivity contribution in [2.24, 2.45) is 0 Å². The summed E-state index contributed by atoms with van der Waals surface area (Å²) >= 11 is 0. The summed E-state index contributed by atoms with van der Waals surface area (Å²) in [4.78, 5) is 83.3. The van der Waals surface area contributed by atoms with E-state index in [0.717, 1.165) is 0 Å². The molecule has 446 valence electrons. The van der Waals surface area contributed by atoms with Crippen molar-refractivity contribution in [3.05, 3.63) is 70.8 Å². The first-order valence-electron chi connectivity index (χ1n) is 26.3. The van der Waals surface area contributed by atoms with E-state index < -0.39 is 73.6 Å². The average molecular weight is 1180 g/mol. The quantitative estimate of drug-likeness (QED) is 0.00964. The van der Waals surface area contributed by atoms with Gasteiger partial charge in [0, 0.05) is 91.3 Å². The van der Waals surface area contributed by atoms with E-state index in [1.54, 1.807) is 62.4 Å². The first kappa shape index (κ1) is 65.4. The lowest BCUT2D eigenvalue weighted by Crippen LogP contribution is -2.37. The van der Waals surface area contributed by atoms with Crippen molar-refractivity contribution < 1.29 is 97.3 Å². The molecule has 1 aliphatic rings. The maximum Gasteiger partial charge on any atom is 0.345 e. The molecule has 5 rings (SSSR count). The van der Waals surface area contributed by atoms with Crippen LogP contribution in [0.3, 0.4) is 0 Å². The number of hydroxylamine groups is 2. The third-order valence-corrected chi connectivity index (χ3v) is 14.4. The van der Waals surface area contributed by atoms with Crippen LogP contribution in [0.5, 0.6) is 17.2 Å². The summed E-state index contributed by atoms with van der Waals surface area (Å²) in [5.41, 5.74) is 2.33. The van der Waals surface area contributed by atoms with E-state index in [9.17, 15) is 54.7 Å². The fourth-order valence-electron chi connectivity index (χ4n) is 9.17. The number of hydrogen-bond acceptors (Lipinski definition) is 19. The number of carbonyl (C=O) groups excluding carboxylic acids is 6. The molecule has 4 amide bonds. The van der Waals surface area contributed by atoms with Crippen LogP contribution in [-0.2, 0) is 69.7 Å². The number of imide groups is 1. The van der Waals surface area contributed by atoms with Gasteiger partial charge in [-0.3, -0.25) is 28.3 Å². The predicted octanol–water partition coefficient (Wildman–Crippen LogP) is 3.46. The topological polar surface area (TPSA) is 319 Å². The van der Waals surface area contributed by atoms with Crippen molar-refractivity contribution >= 4 is 77.6 Å². The van der Waals surface area contributed by atoms with Gasteiger partial charge in [0.25, 0.3) is 38.0 Å². The number of ether oxygens (including phenoxy) is 7. The van der Waals surface area contributed by atoms with Crippen LogP contribution in [0, 0.1) is 13.8 Å². The molecule has 1 fully saturated rings. The third-order valence-electron chi connectivity index (χ3n) is 12.7. The molecule has 1 aliphatic heterocycles. The SMILES string of the molecule is COCC(COC)Oc1ccc2c(c1)c(C(=O)Oc1c(C)cc(C(=O)NCCCN(CCCNC(=O)CCCC(=O)ON3C(=O)CCC3=O)CCCS(=O)(=O)O)cc1C)c1cc(OC(COC)COC)ccc1[n+]2CCCS(=O)(=O)O. The molecule has 0 saturated carbocycles. The molecule has 0 atom stereocenters. The number of aryl methyl sites for hydroxylation is 3. The number of amides is 4. The number of methoxy groups -OCH3 is 4. The Morgan fingerprint density at radius 1 is 0.654 bits per heavy atom. The maximum atomic E-state index is 15.0. The van der Waals surface area contributed by atoms with Gasteiger partial charge >= 0.3 is 11.9 Å². The number of hydrogen-bond donors (Lipinski definition) is 4. The fourth-order valence-corrected chi connectivity index (χ4v) is 10.2. The van der Waals surface area contributed by atoms with Gasteiger partial charge in [0.2, 0.25) is 16.9 Å². The van der Waals surface area contributed by atoms with E-state index >= 15 is 0 Å². The summed E-state index contributed by atoms with van der Waals surface area (Å²) in [6.07, 6.45) is -0.137. The average Bonchev–Trinajstić information content (AvgIpc) is 3.80. The van der Waals surface area contributed by atoms with Crippen LogP contribution in [0.2, 0.25) is 0 Å². The van der Waals surface area contributed by atoms with Crippen LogP contribution in [0.1, 0.15) is 89.6 Å². The number of carbonyl (C=O) groups is 6. The summed E-state index contributed by atoms with van der Waals surface area (Å²) in [6.45, 7) is 5.87. The Morgan fingerprint density at radius 2 is 1.14 bits per heavy atom. The second-order valence-electron chi connectivity index (χ2n) is 19.3. The van der Waals surface area contributed by atoms with Crippen molar-refractivity contribution in [2.75, 3.05) is 99.1 Å². The summed E-state index contributed by atoms with van der Waals surface area (Å²) in [6, 6.07) is 13.4. The molecule has 1 saturated heterocycles. The summed E-state index contributed by atoms with van der Waals surface area (Å²) in [5, 5.41) is 6.86. The molecule has 0 spiro atoms. The van der Waals surface area contributed by atoms with E-state index in [0.29, 0.717) is 82.0 Å². The first-order valence-corrected chi connectivity index (χ1v) is 29.6. The van der Waals surface area contributed by atoms with Gasteiger partial charge in [-0.1, -0.05) is 0 Å².